The Morgan fingerprint density at radius 2 is 1.73 bits per heavy atom. The number of piperidine rings is 1. The molecule has 0 bridgehead atoms. The van der Waals surface area contributed by atoms with E-state index < -0.39 is 23.1 Å². The van der Waals surface area contributed by atoms with Gasteiger partial charge in [0.15, 0.2) is 0 Å². The van der Waals surface area contributed by atoms with Crippen molar-refractivity contribution in [3.05, 3.63) is 117 Å². The van der Waals surface area contributed by atoms with E-state index in [1.165, 1.54) is 4.40 Å². The predicted molar refractivity (Wildman–Crippen MR) is 174 cm³/mol. The molecule has 1 aliphatic carbocycles. The lowest BCUT2D eigenvalue weighted by Crippen LogP contribution is -2.50. The molecule has 246 valence electrons. The highest BCUT2D eigenvalue weighted by Crippen LogP contribution is 2.44. The molecule has 4 heterocycles. The van der Waals surface area contributed by atoms with Crippen LogP contribution in [0.4, 0.5) is 18.9 Å². The van der Waals surface area contributed by atoms with Gasteiger partial charge in [0.05, 0.1) is 22.0 Å². The number of anilines is 1. The lowest BCUT2D eigenvalue weighted by atomic mass is 9.66. The van der Waals surface area contributed by atoms with Gasteiger partial charge in [0.2, 0.25) is 11.7 Å². The van der Waals surface area contributed by atoms with Crippen LogP contribution in [0.5, 0.6) is 0 Å². The van der Waals surface area contributed by atoms with Crippen LogP contribution in [-0.2, 0) is 29.4 Å². The number of nitrogens with zero attached hydrogens (tertiary/aromatic N) is 5. The minimum Gasteiger partial charge on any atom is -0.337 e. The number of alkyl halides is 3. The third-order valence-electron chi connectivity index (χ3n) is 9.41. The number of carbonyl (C=O) groups excluding carboxylic acids is 2. The zero-order chi connectivity index (χ0) is 33.6. The van der Waals surface area contributed by atoms with Crippen molar-refractivity contribution in [3.63, 3.8) is 0 Å². The van der Waals surface area contributed by atoms with Crippen LogP contribution >= 0.6 is 11.6 Å². The van der Waals surface area contributed by atoms with E-state index in [4.69, 9.17) is 16.6 Å². The molecule has 2 aromatic carbocycles. The van der Waals surface area contributed by atoms with E-state index in [-0.39, 0.29) is 34.5 Å². The minimum atomic E-state index is -4.58. The number of carbonyl (C=O) groups is 2. The van der Waals surface area contributed by atoms with Crippen LogP contribution in [-0.4, -0.2) is 48.7 Å². The maximum absolute atomic E-state index is 14.4. The van der Waals surface area contributed by atoms with Crippen molar-refractivity contribution in [1.29, 1.82) is 0 Å². The molecule has 1 aliphatic heterocycles. The molecule has 9 nitrogen and oxygen atoms in total. The molecular formula is C35H30ClF3N6O3. The fourth-order valence-electron chi connectivity index (χ4n) is 7.05. The van der Waals surface area contributed by atoms with Gasteiger partial charge < -0.3 is 14.8 Å². The van der Waals surface area contributed by atoms with Gasteiger partial charge in [-0.1, -0.05) is 48.0 Å². The number of hydrogen-bond donors (Lipinski definition) is 1. The summed E-state index contributed by atoms with van der Waals surface area (Å²) in [6.07, 6.45) is 1.84. The molecule has 0 unspecified atom stereocenters. The van der Waals surface area contributed by atoms with Crippen molar-refractivity contribution >= 4 is 34.9 Å². The third kappa shape index (κ3) is 5.74. The number of halogens is 4. The van der Waals surface area contributed by atoms with Gasteiger partial charge >= 0.3 is 6.18 Å². The van der Waals surface area contributed by atoms with Gasteiger partial charge in [-0.05, 0) is 62.4 Å². The zero-order valence-corrected chi connectivity index (χ0v) is 26.4. The first-order valence-corrected chi connectivity index (χ1v) is 16.0. The summed E-state index contributed by atoms with van der Waals surface area (Å²) in [5, 5.41) is 2.40. The van der Waals surface area contributed by atoms with Crippen LogP contribution in [0, 0.1) is 0 Å². The van der Waals surface area contributed by atoms with Crippen LogP contribution in [0.3, 0.4) is 0 Å². The van der Waals surface area contributed by atoms with Gasteiger partial charge in [0.25, 0.3) is 11.5 Å². The highest BCUT2D eigenvalue weighted by atomic mass is 35.5. The van der Waals surface area contributed by atoms with Gasteiger partial charge in [-0.2, -0.15) is 13.2 Å². The summed E-state index contributed by atoms with van der Waals surface area (Å²) in [7, 11) is 0. The molecule has 48 heavy (non-hydrogen) atoms. The smallest absolute Gasteiger partial charge is 0.337 e. The van der Waals surface area contributed by atoms with Crippen molar-refractivity contribution in [2.75, 3.05) is 18.4 Å². The Balaban J connectivity index is 1.27. The SMILES string of the molecule is O=C(Cn1c2c(c(=O)n3cc(-c4ccccc4)nc13)C1(CCC2)CCN(C(=O)c2ccccn2)CC1)Nc1ccc(C(F)(F)F)cc1Cl. The van der Waals surface area contributed by atoms with Crippen LogP contribution in [0.15, 0.2) is 83.9 Å². The number of likely N-dealkylation sites (tertiary alicyclic amines) is 1. The molecule has 2 aliphatic rings. The van der Waals surface area contributed by atoms with E-state index in [0.29, 0.717) is 55.0 Å². The van der Waals surface area contributed by atoms with Crippen molar-refractivity contribution in [3.8, 4) is 11.3 Å². The Morgan fingerprint density at radius 1 is 0.979 bits per heavy atom. The Morgan fingerprint density at radius 3 is 2.42 bits per heavy atom. The topological polar surface area (TPSA) is 102 Å². The molecule has 5 aromatic rings. The Kier molecular flexibility index (Phi) is 8.06. The van der Waals surface area contributed by atoms with E-state index in [1.807, 2.05) is 30.3 Å². The van der Waals surface area contributed by atoms with Gasteiger partial charge in [-0.15, -0.1) is 0 Å². The molecule has 13 heteroatoms. The molecule has 0 radical (unpaired) electrons. The van der Waals surface area contributed by atoms with Gasteiger partial charge in [0, 0.05) is 47.7 Å². The Hall–Kier alpha value is -4.97. The molecule has 0 atom stereocenters. The maximum atomic E-state index is 14.4. The zero-order valence-electron chi connectivity index (χ0n) is 25.6. The molecule has 1 saturated heterocycles. The number of benzene rings is 2. The van der Waals surface area contributed by atoms with Crippen LogP contribution < -0.4 is 10.9 Å². The second-order valence-electron chi connectivity index (χ2n) is 12.3. The second kappa shape index (κ2) is 12.2. The largest absolute Gasteiger partial charge is 0.416 e. The van der Waals surface area contributed by atoms with Crippen molar-refractivity contribution in [1.82, 2.24) is 23.8 Å². The normalized spacial score (nSPS) is 15.8. The highest BCUT2D eigenvalue weighted by Gasteiger charge is 2.44. The van der Waals surface area contributed by atoms with Gasteiger partial charge in [-0.25, -0.2) is 4.98 Å². The van der Waals surface area contributed by atoms with Crippen LogP contribution in [0.1, 0.15) is 53.0 Å². The van der Waals surface area contributed by atoms with Crippen molar-refractivity contribution in [2.45, 2.75) is 50.2 Å². The summed E-state index contributed by atoms with van der Waals surface area (Å²) < 4.78 is 42.8. The summed E-state index contributed by atoms with van der Waals surface area (Å²) in [5.74, 6) is -0.412. The quantitative estimate of drug-likeness (QED) is 0.233. The summed E-state index contributed by atoms with van der Waals surface area (Å²) in [4.78, 5) is 51.9. The molecule has 1 N–H and O–H groups in total. The Bertz CT molecular complexity index is 2090. The molecule has 0 saturated carbocycles. The molecule has 1 spiro atoms. The lowest BCUT2D eigenvalue weighted by Gasteiger charge is -2.45. The van der Waals surface area contributed by atoms with E-state index in [1.54, 1.807) is 40.1 Å². The highest BCUT2D eigenvalue weighted by molar-refractivity contribution is 6.33. The molecule has 7 rings (SSSR count). The van der Waals surface area contributed by atoms with Crippen molar-refractivity contribution in [2.24, 2.45) is 0 Å². The first-order chi connectivity index (χ1) is 23.0. The number of imidazole rings is 1. The fourth-order valence-corrected chi connectivity index (χ4v) is 7.28. The molecular weight excluding hydrogens is 645 g/mol. The van der Waals surface area contributed by atoms with E-state index >= 15 is 0 Å². The van der Waals surface area contributed by atoms with E-state index in [9.17, 15) is 27.6 Å². The number of aromatic nitrogens is 4. The third-order valence-corrected chi connectivity index (χ3v) is 9.72. The van der Waals surface area contributed by atoms with E-state index in [0.717, 1.165) is 36.6 Å². The fraction of sp³-hybridized carbons (Fsp3) is 0.286. The summed E-state index contributed by atoms with van der Waals surface area (Å²) >= 11 is 6.14. The van der Waals surface area contributed by atoms with Gasteiger partial charge in [-0.3, -0.25) is 23.8 Å². The lowest BCUT2D eigenvalue weighted by molar-refractivity contribution is -0.137. The molecule has 2 amide bonds. The second-order valence-corrected chi connectivity index (χ2v) is 12.7. The standard InChI is InChI=1S/C35H30ClF3N6O3/c36-24-19-23(35(37,38)39)11-12-25(24)41-29(46)21-44-28-10-6-13-34(14-17-43(18-15-34)31(47)26-9-4-5-16-40-26)30(28)32(48)45-20-27(42-33(44)45)22-7-2-1-3-8-22/h1-5,7-9,11-12,16,19-20H,6,10,13-15,17-18,21H2,(H,41,46). The van der Waals surface area contributed by atoms with Crippen LogP contribution in [0.25, 0.3) is 17.0 Å². The first-order valence-electron chi connectivity index (χ1n) is 15.6. The summed E-state index contributed by atoms with van der Waals surface area (Å²) in [5.41, 5.74) is 1.41. The van der Waals surface area contributed by atoms with Crippen LogP contribution in [0.2, 0.25) is 5.02 Å². The summed E-state index contributed by atoms with van der Waals surface area (Å²) in [6, 6.07) is 17.3. The number of fused-ring (bicyclic) bond motifs is 3. The number of hydrogen-bond acceptors (Lipinski definition) is 5. The van der Waals surface area contributed by atoms with Crippen molar-refractivity contribution < 1.29 is 22.8 Å². The summed E-state index contributed by atoms with van der Waals surface area (Å²) in [6.45, 7) is 0.631. The average molecular weight is 675 g/mol. The number of pyridine rings is 1. The maximum Gasteiger partial charge on any atom is 0.416 e. The van der Waals surface area contributed by atoms with Gasteiger partial charge in [0.1, 0.15) is 12.2 Å². The number of amides is 2. The molecule has 1 fully saturated rings. The number of nitrogens with one attached hydrogen (secondary N) is 1. The monoisotopic (exact) mass is 674 g/mol. The van der Waals surface area contributed by atoms with E-state index in [2.05, 4.69) is 10.3 Å². The minimum absolute atomic E-state index is 0.0373. The number of rotatable bonds is 5. The first kappa shape index (κ1) is 31.6. The predicted octanol–water partition coefficient (Wildman–Crippen LogP) is 6.38. The average Bonchev–Trinajstić information content (AvgIpc) is 3.54. The Labute approximate surface area is 278 Å². The molecule has 3 aromatic heterocycles.